The summed E-state index contributed by atoms with van der Waals surface area (Å²) in [6.07, 6.45) is 5.76. The third-order valence-corrected chi connectivity index (χ3v) is 3.45. The number of guanidine groups is 1. The van der Waals surface area contributed by atoms with Crippen LogP contribution in [-0.2, 0) is 11.3 Å². The average molecular weight is 294 g/mol. The predicted molar refractivity (Wildman–Crippen MR) is 83.2 cm³/mol. The highest BCUT2D eigenvalue weighted by molar-refractivity contribution is 5.77. The summed E-state index contributed by atoms with van der Waals surface area (Å²) in [7, 11) is 0. The number of nitrogens with two attached hydrogens (primary N) is 1. The lowest BCUT2D eigenvalue weighted by molar-refractivity contribution is 0.0376. The van der Waals surface area contributed by atoms with E-state index >= 15 is 0 Å². The summed E-state index contributed by atoms with van der Waals surface area (Å²) >= 11 is 0. The first-order valence-corrected chi connectivity index (χ1v) is 7.66. The Labute approximate surface area is 126 Å². The molecule has 1 aromatic rings. The van der Waals surface area contributed by atoms with Gasteiger partial charge in [0.2, 0.25) is 0 Å². The number of hydrogen-bond acceptors (Lipinski definition) is 4. The van der Waals surface area contributed by atoms with Gasteiger partial charge in [-0.25, -0.2) is 0 Å². The number of rotatable bonds is 8. The molecule has 0 unspecified atom stereocenters. The van der Waals surface area contributed by atoms with Crippen LogP contribution < -0.4 is 11.1 Å². The van der Waals surface area contributed by atoms with Gasteiger partial charge in [0.25, 0.3) is 0 Å². The molecule has 1 aliphatic heterocycles. The highest BCUT2D eigenvalue weighted by atomic mass is 16.5. The molecule has 0 radical (unpaired) electrons. The molecule has 0 saturated carbocycles. The van der Waals surface area contributed by atoms with E-state index in [0.717, 1.165) is 65.3 Å². The molecular formula is C14H26N6O. The predicted octanol–water partition coefficient (Wildman–Crippen LogP) is -0.100. The van der Waals surface area contributed by atoms with Crippen LogP contribution >= 0.6 is 0 Å². The maximum absolute atomic E-state index is 5.84. The fraction of sp³-hybridized carbons (Fsp3) is 0.714. The molecule has 0 spiro atoms. The first-order valence-electron chi connectivity index (χ1n) is 7.66. The van der Waals surface area contributed by atoms with Gasteiger partial charge < -0.3 is 15.8 Å². The average Bonchev–Trinajstić information content (AvgIpc) is 3.02. The van der Waals surface area contributed by atoms with Crippen molar-refractivity contribution < 1.29 is 4.74 Å². The van der Waals surface area contributed by atoms with Crippen molar-refractivity contribution in [3.8, 4) is 0 Å². The van der Waals surface area contributed by atoms with Crippen molar-refractivity contribution in [2.45, 2.75) is 19.4 Å². The molecule has 0 bridgehead atoms. The van der Waals surface area contributed by atoms with Crippen LogP contribution in [-0.4, -0.2) is 66.6 Å². The fourth-order valence-electron chi connectivity index (χ4n) is 2.26. The van der Waals surface area contributed by atoms with E-state index in [2.05, 4.69) is 20.3 Å². The van der Waals surface area contributed by atoms with Crippen LogP contribution in [0.2, 0.25) is 0 Å². The number of ether oxygens (including phenoxy) is 1. The molecule has 118 valence electrons. The van der Waals surface area contributed by atoms with E-state index in [0.29, 0.717) is 5.96 Å². The quantitative estimate of drug-likeness (QED) is 0.397. The third kappa shape index (κ3) is 6.59. The van der Waals surface area contributed by atoms with Crippen molar-refractivity contribution in [3.05, 3.63) is 18.5 Å². The van der Waals surface area contributed by atoms with Crippen LogP contribution in [0.5, 0.6) is 0 Å². The second kappa shape index (κ2) is 9.36. The maximum Gasteiger partial charge on any atom is 0.188 e. The van der Waals surface area contributed by atoms with Crippen LogP contribution in [0.4, 0.5) is 0 Å². The smallest absolute Gasteiger partial charge is 0.188 e. The lowest BCUT2D eigenvalue weighted by atomic mass is 10.3. The summed E-state index contributed by atoms with van der Waals surface area (Å²) in [6.45, 7) is 7.34. The van der Waals surface area contributed by atoms with E-state index < -0.39 is 0 Å². The number of morpholine rings is 1. The summed E-state index contributed by atoms with van der Waals surface area (Å²) in [6, 6.07) is 1.92. The minimum Gasteiger partial charge on any atom is -0.379 e. The van der Waals surface area contributed by atoms with Gasteiger partial charge in [-0.3, -0.25) is 14.6 Å². The summed E-state index contributed by atoms with van der Waals surface area (Å²) in [5.74, 6) is 0.539. The number of aryl methyl sites for hydroxylation is 1. The van der Waals surface area contributed by atoms with Crippen molar-refractivity contribution in [2.24, 2.45) is 10.7 Å². The molecule has 2 heterocycles. The topological polar surface area (TPSA) is 80.7 Å². The Morgan fingerprint density at radius 3 is 2.90 bits per heavy atom. The lowest BCUT2D eigenvalue weighted by Gasteiger charge is -2.26. The van der Waals surface area contributed by atoms with E-state index in [1.165, 1.54) is 0 Å². The third-order valence-electron chi connectivity index (χ3n) is 3.45. The second-order valence-electron chi connectivity index (χ2n) is 5.12. The summed E-state index contributed by atoms with van der Waals surface area (Å²) in [5.41, 5.74) is 5.84. The first kappa shape index (κ1) is 15.8. The monoisotopic (exact) mass is 294 g/mol. The van der Waals surface area contributed by atoms with Gasteiger partial charge in [0.15, 0.2) is 5.96 Å². The first-order chi connectivity index (χ1) is 10.3. The summed E-state index contributed by atoms with van der Waals surface area (Å²) in [4.78, 5) is 6.74. The van der Waals surface area contributed by atoms with Crippen molar-refractivity contribution in [3.63, 3.8) is 0 Å². The molecule has 7 heteroatoms. The standard InChI is InChI=1S/C14H26N6O/c15-14(17-5-2-8-20-9-3-6-18-20)16-4-1-7-19-10-12-21-13-11-19/h3,6,9H,1-2,4-5,7-8,10-13H2,(H3,15,16,17). The molecule has 7 nitrogen and oxygen atoms in total. The number of nitrogens with zero attached hydrogens (tertiary/aromatic N) is 4. The Bertz CT molecular complexity index is 400. The van der Waals surface area contributed by atoms with E-state index in [-0.39, 0.29) is 0 Å². The molecule has 0 aliphatic carbocycles. The number of hydrogen-bond donors (Lipinski definition) is 2. The van der Waals surface area contributed by atoms with Gasteiger partial charge in [-0.05, 0) is 25.5 Å². The maximum atomic E-state index is 5.84. The Kier molecular flexibility index (Phi) is 7.03. The van der Waals surface area contributed by atoms with Crippen LogP contribution in [0.1, 0.15) is 12.8 Å². The van der Waals surface area contributed by atoms with Gasteiger partial charge >= 0.3 is 0 Å². The Morgan fingerprint density at radius 1 is 1.29 bits per heavy atom. The van der Waals surface area contributed by atoms with Crippen molar-refractivity contribution in [1.29, 1.82) is 0 Å². The second-order valence-corrected chi connectivity index (χ2v) is 5.12. The summed E-state index contributed by atoms with van der Waals surface area (Å²) < 4.78 is 7.23. The van der Waals surface area contributed by atoms with Crippen molar-refractivity contribution in [1.82, 2.24) is 20.0 Å². The SMILES string of the molecule is NC(=NCCCn1cccn1)NCCCN1CCOCC1. The molecule has 21 heavy (non-hydrogen) atoms. The Morgan fingerprint density at radius 2 is 2.14 bits per heavy atom. The fourth-order valence-corrected chi connectivity index (χ4v) is 2.26. The molecule has 1 aromatic heterocycles. The zero-order chi connectivity index (χ0) is 14.8. The molecule has 1 aliphatic rings. The zero-order valence-corrected chi connectivity index (χ0v) is 12.6. The molecular weight excluding hydrogens is 268 g/mol. The van der Waals surface area contributed by atoms with Gasteiger partial charge in [0.1, 0.15) is 0 Å². The molecule has 0 atom stereocenters. The van der Waals surface area contributed by atoms with Crippen LogP contribution in [0.25, 0.3) is 0 Å². The van der Waals surface area contributed by atoms with Crippen LogP contribution in [0.15, 0.2) is 23.5 Å². The van der Waals surface area contributed by atoms with E-state index in [4.69, 9.17) is 10.5 Å². The van der Waals surface area contributed by atoms with E-state index in [1.807, 2.05) is 16.9 Å². The molecule has 0 amide bonds. The Balaban J connectivity index is 1.48. The van der Waals surface area contributed by atoms with Crippen molar-refractivity contribution >= 4 is 5.96 Å². The highest BCUT2D eigenvalue weighted by Gasteiger charge is 2.08. The van der Waals surface area contributed by atoms with Gasteiger partial charge in [0.05, 0.1) is 13.2 Å². The van der Waals surface area contributed by atoms with Gasteiger partial charge in [-0.1, -0.05) is 0 Å². The molecule has 2 rings (SSSR count). The van der Waals surface area contributed by atoms with Gasteiger partial charge in [-0.15, -0.1) is 0 Å². The highest BCUT2D eigenvalue weighted by Crippen LogP contribution is 1.97. The van der Waals surface area contributed by atoms with Gasteiger partial charge in [-0.2, -0.15) is 5.10 Å². The van der Waals surface area contributed by atoms with E-state index in [9.17, 15) is 0 Å². The van der Waals surface area contributed by atoms with E-state index in [1.54, 1.807) is 6.20 Å². The molecule has 1 fully saturated rings. The number of aromatic nitrogens is 2. The minimum atomic E-state index is 0.539. The molecule has 1 saturated heterocycles. The Hall–Kier alpha value is -1.60. The molecule has 3 N–H and O–H groups in total. The molecule has 0 aromatic carbocycles. The largest absolute Gasteiger partial charge is 0.379 e. The summed E-state index contributed by atoms with van der Waals surface area (Å²) in [5, 5.41) is 7.31. The lowest BCUT2D eigenvalue weighted by Crippen LogP contribution is -2.39. The van der Waals surface area contributed by atoms with Gasteiger partial charge in [0, 0.05) is 45.1 Å². The van der Waals surface area contributed by atoms with Crippen LogP contribution in [0.3, 0.4) is 0 Å². The number of nitrogens with one attached hydrogen (secondary N) is 1. The minimum absolute atomic E-state index is 0.539. The normalized spacial score (nSPS) is 17.0. The van der Waals surface area contributed by atoms with Crippen molar-refractivity contribution in [2.75, 3.05) is 45.9 Å². The zero-order valence-electron chi connectivity index (χ0n) is 12.6. The van der Waals surface area contributed by atoms with Crippen LogP contribution in [0, 0.1) is 0 Å². The number of aliphatic imine (C=N–C) groups is 1.